The third kappa shape index (κ3) is 24.4. The maximum absolute atomic E-state index is 10.8. The Morgan fingerprint density at radius 1 is 0.409 bits per heavy atom. The van der Waals surface area contributed by atoms with Crippen LogP contribution in [0.1, 0.15) is 141 Å². The Balaban J connectivity index is 0. The van der Waals surface area contributed by atoms with Crippen molar-refractivity contribution >= 4 is 20.2 Å². The van der Waals surface area contributed by atoms with Crippen molar-refractivity contribution < 1.29 is 85.1 Å². The van der Waals surface area contributed by atoms with Crippen molar-refractivity contribution in [2.75, 3.05) is 0 Å². The number of unbranched alkanes of at least 4 members (excludes halogenated alkanes) is 16. The van der Waals surface area contributed by atoms with Crippen LogP contribution in [0.25, 0.3) is 0 Å². The van der Waals surface area contributed by atoms with E-state index in [1.54, 1.807) is 24.3 Å². The van der Waals surface area contributed by atoms with E-state index in [-0.39, 0.29) is 68.9 Å². The second-order valence-corrected chi connectivity index (χ2v) is 14.1. The fourth-order valence-corrected chi connectivity index (χ4v) is 5.86. The molecule has 2 rings (SSSR count). The van der Waals surface area contributed by atoms with Gasteiger partial charge in [-0.1, -0.05) is 141 Å². The molecule has 0 aromatic heterocycles. The summed E-state index contributed by atoms with van der Waals surface area (Å²) in [6.07, 6.45) is 25.2. The zero-order valence-electron chi connectivity index (χ0n) is 28.0. The summed E-state index contributed by atoms with van der Waals surface area (Å²) in [5.41, 5.74) is 2.20. The van der Waals surface area contributed by atoms with Crippen LogP contribution in [0.4, 0.5) is 0 Å². The summed E-state index contributed by atoms with van der Waals surface area (Å²) in [6.45, 7) is 4.47. The van der Waals surface area contributed by atoms with Gasteiger partial charge in [0.15, 0.2) is 0 Å². The molecule has 2 aromatic carbocycles. The zero-order chi connectivity index (χ0) is 31.1. The third-order valence-corrected chi connectivity index (χ3v) is 9.26. The fourth-order valence-electron chi connectivity index (χ4n) is 4.93. The summed E-state index contributed by atoms with van der Waals surface area (Å²) in [6, 6.07) is 12.6. The van der Waals surface area contributed by atoms with E-state index in [0.29, 0.717) is 0 Å². The maximum atomic E-state index is 10.8. The summed E-state index contributed by atoms with van der Waals surface area (Å²) in [7, 11) is -8.62. The summed E-state index contributed by atoms with van der Waals surface area (Å²) in [5.74, 6) is 0. The fraction of sp³-hybridized carbons (Fsp3) is 0.647. The standard InChI is InChI=1S/C18H30O3S.C16H26O3S.2Na/c1-2-3-4-5-6-7-8-9-10-11-12-17-13-15-18(16-14-17)22(19,20)21;1-2-3-4-5-6-7-8-9-10-15-11-13-16(14-12-15)20(17,18)19;;/h13-16H,2-12H2,1H3,(H,19,20,21);11-14H,2-10H2,1H3,(H,17,18,19);;/q;;2*+1/p-2. The van der Waals surface area contributed by atoms with E-state index in [4.69, 9.17) is 0 Å². The molecular weight excluding hydrogens is 614 g/mol. The molecule has 0 heterocycles. The van der Waals surface area contributed by atoms with Crippen LogP contribution in [0.2, 0.25) is 0 Å². The SMILES string of the molecule is CCCCCCCCCCCCc1ccc(S(=O)(=O)[O-])cc1.CCCCCCCCCCc1ccc(S(=O)(=O)[O-])cc1.[Na+].[Na+]. The predicted molar refractivity (Wildman–Crippen MR) is 171 cm³/mol. The first kappa shape index (κ1) is 46.4. The van der Waals surface area contributed by atoms with Gasteiger partial charge in [-0.2, -0.15) is 0 Å². The van der Waals surface area contributed by atoms with Gasteiger partial charge in [0.25, 0.3) is 0 Å². The Morgan fingerprint density at radius 3 is 0.864 bits per heavy atom. The average molecular weight is 669 g/mol. The van der Waals surface area contributed by atoms with Crippen molar-refractivity contribution in [3.63, 3.8) is 0 Å². The quantitative estimate of drug-likeness (QED) is 0.108. The number of benzene rings is 2. The Bertz CT molecular complexity index is 1150. The monoisotopic (exact) mass is 668 g/mol. The summed E-state index contributed by atoms with van der Waals surface area (Å²) in [4.78, 5) is -0.281. The molecular formula is C34H54Na2O6S2. The van der Waals surface area contributed by atoms with E-state index in [9.17, 15) is 25.9 Å². The van der Waals surface area contributed by atoms with Crippen molar-refractivity contribution in [3.05, 3.63) is 59.7 Å². The first-order valence-corrected chi connectivity index (χ1v) is 19.0. The molecule has 2 aromatic rings. The third-order valence-electron chi connectivity index (χ3n) is 7.56. The van der Waals surface area contributed by atoms with Gasteiger partial charge >= 0.3 is 59.1 Å². The zero-order valence-corrected chi connectivity index (χ0v) is 33.7. The molecule has 0 radical (unpaired) electrons. The molecule has 0 aliphatic carbocycles. The number of aryl methyl sites for hydroxylation is 2. The smallest absolute Gasteiger partial charge is 0.744 e. The molecule has 0 bridgehead atoms. The van der Waals surface area contributed by atoms with Gasteiger partial charge in [-0.3, -0.25) is 0 Å². The molecule has 0 saturated heterocycles. The van der Waals surface area contributed by atoms with Crippen molar-refractivity contribution in [3.8, 4) is 0 Å². The van der Waals surface area contributed by atoms with Crippen LogP contribution in [-0.4, -0.2) is 25.9 Å². The Kier molecular flexibility index (Phi) is 29.8. The largest absolute Gasteiger partial charge is 1.00 e. The van der Waals surface area contributed by atoms with Crippen molar-refractivity contribution in [1.82, 2.24) is 0 Å². The van der Waals surface area contributed by atoms with Gasteiger partial charge in [-0.15, -0.1) is 0 Å². The minimum atomic E-state index is -4.31. The molecule has 0 amide bonds. The molecule has 240 valence electrons. The molecule has 0 fully saturated rings. The molecule has 6 nitrogen and oxygen atoms in total. The van der Waals surface area contributed by atoms with Gasteiger partial charge in [-0.05, 0) is 61.1 Å². The Morgan fingerprint density at radius 2 is 0.636 bits per heavy atom. The molecule has 0 atom stereocenters. The summed E-state index contributed by atoms with van der Waals surface area (Å²) in [5, 5.41) is 0. The molecule has 0 saturated carbocycles. The van der Waals surface area contributed by atoms with Crippen LogP contribution in [0.5, 0.6) is 0 Å². The van der Waals surface area contributed by atoms with Crippen LogP contribution >= 0.6 is 0 Å². The van der Waals surface area contributed by atoms with Gasteiger partial charge in [0, 0.05) is 0 Å². The van der Waals surface area contributed by atoms with Gasteiger partial charge in [0.1, 0.15) is 20.2 Å². The van der Waals surface area contributed by atoms with E-state index in [1.165, 1.54) is 127 Å². The van der Waals surface area contributed by atoms with Gasteiger partial charge in [0.05, 0.1) is 9.79 Å². The van der Waals surface area contributed by atoms with E-state index in [1.807, 2.05) is 0 Å². The minimum absolute atomic E-state index is 0. The molecule has 0 spiro atoms. The van der Waals surface area contributed by atoms with Crippen molar-refractivity contribution in [2.45, 2.75) is 152 Å². The van der Waals surface area contributed by atoms with E-state index in [0.717, 1.165) is 36.8 Å². The second kappa shape index (κ2) is 28.3. The first-order chi connectivity index (χ1) is 20.1. The average Bonchev–Trinajstić information content (AvgIpc) is 2.95. The minimum Gasteiger partial charge on any atom is -0.744 e. The van der Waals surface area contributed by atoms with Crippen molar-refractivity contribution in [1.29, 1.82) is 0 Å². The summed E-state index contributed by atoms with van der Waals surface area (Å²) < 4.78 is 64.9. The predicted octanol–water partition coefficient (Wildman–Crippen LogP) is 3.34. The van der Waals surface area contributed by atoms with Crippen LogP contribution in [0, 0.1) is 0 Å². The van der Waals surface area contributed by atoms with E-state index in [2.05, 4.69) is 13.8 Å². The first-order valence-electron chi connectivity index (χ1n) is 16.2. The molecule has 0 N–H and O–H groups in total. The Hall–Kier alpha value is 0.260. The van der Waals surface area contributed by atoms with Gasteiger partial charge < -0.3 is 9.11 Å². The van der Waals surface area contributed by atoms with E-state index >= 15 is 0 Å². The van der Waals surface area contributed by atoms with Crippen molar-refractivity contribution in [2.24, 2.45) is 0 Å². The normalized spacial score (nSPS) is 11.2. The van der Waals surface area contributed by atoms with Gasteiger partial charge in [0.2, 0.25) is 0 Å². The molecule has 0 unspecified atom stereocenters. The maximum Gasteiger partial charge on any atom is 1.00 e. The van der Waals surface area contributed by atoms with Crippen LogP contribution in [0.15, 0.2) is 58.3 Å². The molecule has 0 aliphatic heterocycles. The summed E-state index contributed by atoms with van der Waals surface area (Å²) >= 11 is 0. The Labute approximate surface area is 314 Å². The number of hydrogen-bond acceptors (Lipinski definition) is 6. The number of hydrogen-bond donors (Lipinski definition) is 0. The van der Waals surface area contributed by atoms with Gasteiger partial charge in [-0.25, -0.2) is 16.8 Å². The van der Waals surface area contributed by atoms with Crippen LogP contribution < -0.4 is 59.1 Å². The topological polar surface area (TPSA) is 114 Å². The molecule has 0 aliphatic rings. The molecule has 44 heavy (non-hydrogen) atoms. The number of rotatable bonds is 22. The van der Waals surface area contributed by atoms with E-state index < -0.39 is 20.2 Å². The van der Waals surface area contributed by atoms with Crippen LogP contribution in [0.3, 0.4) is 0 Å². The molecule has 10 heteroatoms. The van der Waals surface area contributed by atoms with Crippen LogP contribution in [-0.2, 0) is 33.1 Å². The second-order valence-electron chi connectivity index (χ2n) is 11.4.